The summed E-state index contributed by atoms with van der Waals surface area (Å²) in [4.78, 5) is 21.6. The first-order valence-electron chi connectivity index (χ1n) is 4.16. The van der Waals surface area contributed by atoms with Crippen LogP contribution in [0.1, 0.15) is 20.8 Å². The quantitative estimate of drug-likeness (QED) is 0.660. The Morgan fingerprint density at radius 2 is 2.00 bits per heavy atom. The average molecular weight is 189 g/mol. The molecular weight excluding hydrogens is 174 g/mol. The maximum Gasteiger partial charge on any atom is 0.407 e. The fourth-order valence-corrected chi connectivity index (χ4v) is 0.612. The SMILES string of the molecule is CCOC(=O)CNC(=O)OC(C)C. The second kappa shape index (κ2) is 6.28. The fourth-order valence-electron chi connectivity index (χ4n) is 0.612. The van der Waals surface area contributed by atoms with Crippen LogP contribution in [0.5, 0.6) is 0 Å². The normalized spacial score (nSPS) is 9.54. The van der Waals surface area contributed by atoms with Crippen LogP contribution in [-0.4, -0.2) is 31.3 Å². The largest absolute Gasteiger partial charge is 0.465 e. The molecule has 0 aliphatic heterocycles. The van der Waals surface area contributed by atoms with Gasteiger partial charge in [-0.05, 0) is 20.8 Å². The van der Waals surface area contributed by atoms with Crippen LogP contribution in [0.2, 0.25) is 0 Å². The van der Waals surface area contributed by atoms with Crippen LogP contribution in [0.15, 0.2) is 0 Å². The molecule has 0 atom stereocenters. The van der Waals surface area contributed by atoms with E-state index in [1.807, 2.05) is 0 Å². The van der Waals surface area contributed by atoms with E-state index < -0.39 is 12.1 Å². The molecule has 5 heteroatoms. The molecule has 1 N–H and O–H groups in total. The smallest absolute Gasteiger partial charge is 0.407 e. The summed E-state index contributed by atoms with van der Waals surface area (Å²) < 4.78 is 9.31. The standard InChI is InChI=1S/C8H15NO4/c1-4-12-7(10)5-9-8(11)13-6(2)3/h6H,4-5H2,1-3H3,(H,9,11). The summed E-state index contributed by atoms with van der Waals surface area (Å²) in [7, 11) is 0. The molecule has 0 saturated carbocycles. The molecule has 0 fully saturated rings. The van der Waals surface area contributed by atoms with E-state index in [1.165, 1.54) is 0 Å². The van der Waals surface area contributed by atoms with E-state index in [1.54, 1.807) is 20.8 Å². The van der Waals surface area contributed by atoms with Crippen LogP contribution in [0.25, 0.3) is 0 Å². The Balaban J connectivity index is 3.52. The minimum atomic E-state index is -0.608. The third kappa shape index (κ3) is 7.11. The van der Waals surface area contributed by atoms with E-state index >= 15 is 0 Å². The number of hydrogen-bond donors (Lipinski definition) is 1. The Bertz CT molecular complexity index is 179. The monoisotopic (exact) mass is 189 g/mol. The van der Waals surface area contributed by atoms with E-state index in [0.29, 0.717) is 6.61 Å². The molecule has 0 aromatic heterocycles. The van der Waals surface area contributed by atoms with Crippen LogP contribution in [0.4, 0.5) is 4.79 Å². The lowest BCUT2D eigenvalue weighted by Crippen LogP contribution is -2.32. The number of rotatable bonds is 4. The van der Waals surface area contributed by atoms with E-state index in [-0.39, 0.29) is 12.6 Å². The average Bonchev–Trinajstić information content (AvgIpc) is 2.00. The number of ether oxygens (including phenoxy) is 2. The van der Waals surface area contributed by atoms with Gasteiger partial charge < -0.3 is 14.8 Å². The lowest BCUT2D eigenvalue weighted by Gasteiger charge is -2.08. The molecule has 0 aliphatic rings. The van der Waals surface area contributed by atoms with Crippen molar-refractivity contribution in [2.75, 3.05) is 13.2 Å². The highest BCUT2D eigenvalue weighted by atomic mass is 16.6. The number of esters is 1. The number of carbonyl (C=O) groups excluding carboxylic acids is 2. The Labute approximate surface area is 77.4 Å². The van der Waals surface area contributed by atoms with Gasteiger partial charge in [0.1, 0.15) is 6.54 Å². The fraction of sp³-hybridized carbons (Fsp3) is 0.750. The summed E-state index contributed by atoms with van der Waals surface area (Å²) in [5.41, 5.74) is 0. The number of nitrogens with one attached hydrogen (secondary N) is 1. The molecule has 0 aromatic rings. The third-order valence-corrected chi connectivity index (χ3v) is 1.03. The van der Waals surface area contributed by atoms with Crippen molar-refractivity contribution in [1.29, 1.82) is 0 Å². The highest BCUT2D eigenvalue weighted by Crippen LogP contribution is 1.87. The van der Waals surface area contributed by atoms with E-state index in [9.17, 15) is 9.59 Å². The summed E-state index contributed by atoms with van der Waals surface area (Å²) >= 11 is 0. The van der Waals surface area contributed by atoms with Gasteiger partial charge in [-0.15, -0.1) is 0 Å². The van der Waals surface area contributed by atoms with E-state index in [2.05, 4.69) is 10.1 Å². The zero-order valence-electron chi connectivity index (χ0n) is 8.12. The van der Waals surface area contributed by atoms with Gasteiger partial charge in [-0.1, -0.05) is 0 Å². The number of carbonyl (C=O) groups is 2. The zero-order valence-corrected chi connectivity index (χ0v) is 8.12. The van der Waals surface area contributed by atoms with Crippen molar-refractivity contribution in [3.63, 3.8) is 0 Å². The highest BCUT2D eigenvalue weighted by Gasteiger charge is 2.07. The van der Waals surface area contributed by atoms with Crippen molar-refractivity contribution in [3.05, 3.63) is 0 Å². The Hall–Kier alpha value is -1.26. The second-order valence-corrected chi connectivity index (χ2v) is 2.61. The summed E-state index contributed by atoms with van der Waals surface area (Å²) in [5, 5.41) is 2.26. The molecule has 0 radical (unpaired) electrons. The van der Waals surface area contributed by atoms with Gasteiger partial charge in [0.05, 0.1) is 12.7 Å². The lowest BCUT2D eigenvalue weighted by molar-refractivity contribution is -0.141. The van der Waals surface area contributed by atoms with Gasteiger partial charge in [0, 0.05) is 0 Å². The third-order valence-electron chi connectivity index (χ3n) is 1.03. The first kappa shape index (κ1) is 11.7. The highest BCUT2D eigenvalue weighted by molar-refractivity contribution is 5.77. The van der Waals surface area contributed by atoms with Crippen LogP contribution < -0.4 is 5.32 Å². The number of hydrogen-bond acceptors (Lipinski definition) is 4. The molecule has 0 aromatic carbocycles. The van der Waals surface area contributed by atoms with Gasteiger partial charge in [0.15, 0.2) is 0 Å². The van der Waals surface area contributed by atoms with Crippen LogP contribution >= 0.6 is 0 Å². The first-order valence-corrected chi connectivity index (χ1v) is 4.16. The van der Waals surface area contributed by atoms with Gasteiger partial charge in [0.2, 0.25) is 0 Å². The Kier molecular flexibility index (Phi) is 5.67. The minimum Gasteiger partial charge on any atom is -0.465 e. The van der Waals surface area contributed by atoms with E-state index in [4.69, 9.17) is 4.74 Å². The summed E-state index contributed by atoms with van der Waals surface area (Å²) in [6.45, 7) is 5.30. The molecule has 13 heavy (non-hydrogen) atoms. The first-order chi connectivity index (χ1) is 6.06. The molecule has 1 amide bonds. The van der Waals surface area contributed by atoms with Crippen molar-refractivity contribution >= 4 is 12.1 Å². The molecule has 0 rings (SSSR count). The Morgan fingerprint density at radius 3 is 2.46 bits per heavy atom. The van der Waals surface area contributed by atoms with Gasteiger partial charge >= 0.3 is 12.1 Å². The molecule has 5 nitrogen and oxygen atoms in total. The van der Waals surface area contributed by atoms with Crippen LogP contribution in [0, 0.1) is 0 Å². The van der Waals surface area contributed by atoms with Gasteiger partial charge in [0.25, 0.3) is 0 Å². The van der Waals surface area contributed by atoms with Crippen LogP contribution in [-0.2, 0) is 14.3 Å². The molecular formula is C8H15NO4. The molecule has 0 unspecified atom stereocenters. The molecule has 0 bridgehead atoms. The molecule has 0 saturated heterocycles. The maximum absolute atomic E-state index is 10.8. The second-order valence-electron chi connectivity index (χ2n) is 2.61. The number of alkyl carbamates (subject to hydrolysis) is 1. The van der Waals surface area contributed by atoms with Crippen molar-refractivity contribution in [2.24, 2.45) is 0 Å². The van der Waals surface area contributed by atoms with Crippen molar-refractivity contribution in [1.82, 2.24) is 5.32 Å². The number of amides is 1. The van der Waals surface area contributed by atoms with Crippen molar-refractivity contribution in [2.45, 2.75) is 26.9 Å². The molecule has 0 spiro atoms. The summed E-state index contributed by atoms with van der Waals surface area (Å²) in [5.74, 6) is -0.469. The molecule has 76 valence electrons. The topological polar surface area (TPSA) is 64.6 Å². The molecule has 0 heterocycles. The summed E-state index contributed by atoms with van der Waals surface area (Å²) in [6.07, 6.45) is -0.801. The molecule has 0 aliphatic carbocycles. The van der Waals surface area contributed by atoms with Gasteiger partial charge in [-0.25, -0.2) is 4.79 Å². The summed E-state index contributed by atoms with van der Waals surface area (Å²) in [6, 6.07) is 0. The lowest BCUT2D eigenvalue weighted by atomic mass is 10.5. The predicted molar refractivity (Wildman–Crippen MR) is 46.3 cm³/mol. The van der Waals surface area contributed by atoms with Crippen molar-refractivity contribution in [3.8, 4) is 0 Å². The maximum atomic E-state index is 10.8. The van der Waals surface area contributed by atoms with E-state index in [0.717, 1.165) is 0 Å². The van der Waals surface area contributed by atoms with Crippen molar-refractivity contribution < 1.29 is 19.1 Å². The van der Waals surface area contributed by atoms with Crippen LogP contribution in [0.3, 0.4) is 0 Å². The predicted octanol–water partition coefficient (Wildman–Crippen LogP) is 0.684. The zero-order chi connectivity index (χ0) is 10.3. The van der Waals surface area contributed by atoms with Gasteiger partial charge in [-0.3, -0.25) is 4.79 Å². The minimum absolute atomic E-state index is 0.153. The Morgan fingerprint density at radius 1 is 1.38 bits per heavy atom. The van der Waals surface area contributed by atoms with Gasteiger partial charge in [-0.2, -0.15) is 0 Å².